The van der Waals surface area contributed by atoms with Crippen molar-refractivity contribution in [2.45, 2.75) is 19.3 Å². The number of anilines is 2. The van der Waals surface area contributed by atoms with Gasteiger partial charge in [0.05, 0.1) is 13.0 Å². The Morgan fingerprint density at radius 1 is 1.48 bits per heavy atom. The molecule has 0 radical (unpaired) electrons. The van der Waals surface area contributed by atoms with Gasteiger partial charge in [-0.3, -0.25) is 9.59 Å². The molecule has 0 fully saturated rings. The lowest BCUT2D eigenvalue weighted by atomic mass is 10.00. The molecule has 5 heteroatoms. The molecule has 0 aliphatic carbocycles. The van der Waals surface area contributed by atoms with Crippen LogP contribution in [0.1, 0.15) is 18.4 Å². The number of carboxylic acids is 1. The lowest BCUT2D eigenvalue weighted by molar-refractivity contribution is -0.136. The number of fused-ring (bicyclic) bond motifs is 1. The number of rotatable bonds is 5. The Morgan fingerprint density at radius 3 is 2.90 bits per heavy atom. The molecule has 0 aromatic heterocycles. The molecule has 21 heavy (non-hydrogen) atoms. The summed E-state index contributed by atoms with van der Waals surface area (Å²) in [5.41, 5.74) is 2.88. The van der Waals surface area contributed by atoms with Crippen molar-refractivity contribution in [3.05, 3.63) is 23.8 Å². The number of aliphatic carboxylic acids is 1. The summed E-state index contributed by atoms with van der Waals surface area (Å²) in [6.45, 7) is 0.723. The fourth-order valence-electron chi connectivity index (χ4n) is 2.44. The predicted molar refractivity (Wildman–Crippen MR) is 81.5 cm³/mol. The monoisotopic (exact) mass is 286 g/mol. The Balaban J connectivity index is 2.21. The summed E-state index contributed by atoms with van der Waals surface area (Å²) >= 11 is 0. The quantitative estimate of drug-likeness (QED) is 0.834. The van der Waals surface area contributed by atoms with Crippen molar-refractivity contribution in [2.24, 2.45) is 0 Å². The molecule has 0 spiro atoms. The molecule has 1 amide bonds. The Hall–Kier alpha value is -2.48. The van der Waals surface area contributed by atoms with E-state index in [1.54, 1.807) is 4.90 Å². The Morgan fingerprint density at radius 2 is 2.24 bits per heavy atom. The van der Waals surface area contributed by atoms with E-state index in [0.717, 1.165) is 16.9 Å². The molecule has 2 rings (SSSR count). The molecule has 1 aromatic carbocycles. The number of carboxylic acid groups (broad SMARTS) is 1. The van der Waals surface area contributed by atoms with Crippen molar-refractivity contribution in [3.8, 4) is 12.3 Å². The van der Waals surface area contributed by atoms with Gasteiger partial charge in [-0.25, -0.2) is 0 Å². The maximum Gasteiger partial charge on any atom is 0.305 e. The Labute approximate surface area is 124 Å². The number of nitrogens with zero attached hydrogens (tertiary/aromatic N) is 2. The van der Waals surface area contributed by atoms with Gasteiger partial charge < -0.3 is 14.9 Å². The van der Waals surface area contributed by atoms with E-state index in [9.17, 15) is 9.59 Å². The minimum absolute atomic E-state index is 0.0485. The van der Waals surface area contributed by atoms with Gasteiger partial charge in [-0.2, -0.15) is 0 Å². The summed E-state index contributed by atoms with van der Waals surface area (Å²) < 4.78 is 0. The van der Waals surface area contributed by atoms with Crippen LogP contribution in [0, 0.1) is 12.3 Å². The molecular weight excluding hydrogens is 268 g/mol. The summed E-state index contributed by atoms with van der Waals surface area (Å²) in [6.07, 6.45) is 6.56. The molecule has 0 atom stereocenters. The maximum absolute atomic E-state index is 11.9. The molecule has 1 aliphatic rings. The van der Waals surface area contributed by atoms with Crippen LogP contribution in [0.15, 0.2) is 18.2 Å². The number of hydrogen-bond acceptors (Lipinski definition) is 3. The number of benzene rings is 1. The first-order valence-electron chi connectivity index (χ1n) is 6.82. The minimum atomic E-state index is -0.814. The minimum Gasteiger partial charge on any atom is -0.481 e. The van der Waals surface area contributed by atoms with E-state index in [1.807, 2.05) is 30.1 Å². The van der Waals surface area contributed by atoms with Crippen molar-refractivity contribution in [1.82, 2.24) is 0 Å². The van der Waals surface area contributed by atoms with Crippen LogP contribution in [0.3, 0.4) is 0 Å². The standard InChI is InChI=1S/C16H18N2O3/c1-3-9-18-14-6-5-13(17(2)10-8-16(20)21)11-12(14)4-7-15(18)19/h1,5-6,11H,4,7-10H2,2H3,(H,20,21). The van der Waals surface area contributed by atoms with Gasteiger partial charge in [-0.15, -0.1) is 6.42 Å². The average molecular weight is 286 g/mol. The summed E-state index contributed by atoms with van der Waals surface area (Å²) in [4.78, 5) is 26.1. The van der Waals surface area contributed by atoms with Crippen LogP contribution in [0.25, 0.3) is 0 Å². The summed E-state index contributed by atoms with van der Waals surface area (Å²) in [7, 11) is 1.86. The molecule has 0 saturated heterocycles. The van der Waals surface area contributed by atoms with Crippen molar-refractivity contribution in [3.63, 3.8) is 0 Å². The van der Waals surface area contributed by atoms with Crippen LogP contribution in [0.5, 0.6) is 0 Å². The van der Waals surface area contributed by atoms with Crippen molar-refractivity contribution < 1.29 is 14.7 Å². The molecule has 0 unspecified atom stereocenters. The second kappa shape index (κ2) is 6.31. The first kappa shape index (κ1) is 14.9. The Kier molecular flexibility index (Phi) is 4.49. The Bertz CT molecular complexity index is 604. The van der Waals surface area contributed by atoms with Gasteiger partial charge in [-0.05, 0) is 30.2 Å². The molecule has 0 bridgehead atoms. The van der Waals surface area contributed by atoms with Gasteiger partial charge in [0, 0.05) is 31.4 Å². The molecular formula is C16H18N2O3. The zero-order valence-corrected chi connectivity index (χ0v) is 12.0. The maximum atomic E-state index is 11.9. The average Bonchev–Trinajstić information content (AvgIpc) is 2.47. The van der Waals surface area contributed by atoms with Gasteiger partial charge in [0.2, 0.25) is 5.91 Å². The molecule has 0 saturated carbocycles. The number of carbonyl (C=O) groups is 2. The highest BCUT2D eigenvalue weighted by molar-refractivity contribution is 5.97. The third-order valence-electron chi connectivity index (χ3n) is 3.61. The van der Waals surface area contributed by atoms with Gasteiger partial charge >= 0.3 is 5.97 Å². The highest BCUT2D eigenvalue weighted by atomic mass is 16.4. The first-order valence-corrected chi connectivity index (χ1v) is 6.82. The summed E-state index contributed by atoms with van der Waals surface area (Å²) in [6, 6.07) is 5.78. The topological polar surface area (TPSA) is 60.9 Å². The largest absolute Gasteiger partial charge is 0.481 e. The van der Waals surface area contributed by atoms with E-state index in [2.05, 4.69) is 5.92 Å². The second-order valence-electron chi connectivity index (χ2n) is 5.06. The molecule has 1 aliphatic heterocycles. The van der Waals surface area contributed by atoms with Crippen LogP contribution in [0.4, 0.5) is 11.4 Å². The number of amides is 1. The zero-order chi connectivity index (χ0) is 15.4. The van der Waals surface area contributed by atoms with E-state index in [4.69, 9.17) is 11.5 Å². The molecule has 1 N–H and O–H groups in total. The second-order valence-corrected chi connectivity index (χ2v) is 5.06. The lowest BCUT2D eigenvalue weighted by Gasteiger charge is -2.29. The summed E-state index contributed by atoms with van der Waals surface area (Å²) in [5, 5.41) is 8.73. The van der Waals surface area contributed by atoms with Crippen LogP contribution >= 0.6 is 0 Å². The van der Waals surface area contributed by atoms with Gasteiger partial charge in [0.15, 0.2) is 0 Å². The van der Waals surface area contributed by atoms with Crippen LogP contribution < -0.4 is 9.80 Å². The highest BCUT2D eigenvalue weighted by Crippen LogP contribution is 2.31. The van der Waals surface area contributed by atoms with E-state index >= 15 is 0 Å². The number of terminal acetylenes is 1. The van der Waals surface area contributed by atoms with Gasteiger partial charge in [0.1, 0.15) is 0 Å². The van der Waals surface area contributed by atoms with E-state index in [0.29, 0.717) is 19.4 Å². The number of carbonyl (C=O) groups excluding carboxylic acids is 1. The van der Waals surface area contributed by atoms with E-state index < -0.39 is 5.97 Å². The normalized spacial score (nSPS) is 13.5. The third kappa shape index (κ3) is 3.34. The smallest absolute Gasteiger partial charge is 0.305 e. The fraction of sp³-hybridized carbons (Fsp3) is 0.375. The van der Waals surface area contributed by atoms with Gasteiger partial charge in [0.25, 0.3) is 0 Å². The van der Waals surface area contributed by atoms with Crippen LogP contribution in [-0.4, -0.2) is 37.1 Å². The SMILES string of the molecule is C#CCN1C(=O)CCc2cc(N(C)CCC(=O)O)ccc21. The molecule has 1 heterocycles. The summed E-state index contributed by atoms with van der Waals surface area (Å²) in [5.74, 6) is 1.74. The van der Waals surface area contributed by atoms with Crippen molar-refractivity contribution in [2.75, 3.05) is 29.9 Å². The fourth-order valence-corrected chi connectivity index (χ4v) is 2.44. The molecule has 1 aromatic rings. The van der Waals surface area contributed by atoms with E-state index in [-0.39, 0.29) is 18.9 Å². The first-order chi connectivity index (χ1) is 10.0. The number of aryl methyl sites for hydroxylation is 1. The highest BCUT2D eigenvalue weighted by Gasteiger charge is 2.23. The van der Waals surface area contributed by atoms with E-state index in [1.165, 1.54) is 0 Å². The van der Waals surface area contributed by atoms with Gasteiger partial charge in [-0.1, -0.05) is 5.92 Å². The zero-order valence-electron chi connectivity index (χ0n) is 12.0. The molecule has 110 valence electrons. The number of hydrogen-bond donors (Lipinski definition) is 1. The molecule has 5 nitrogen and oxygen atoms in total. The van der Waals surface area contributed by atoms with Crippen LogP contribution in [0.2, 0.25) is 0 Å². The van der Waals surface area contributed by atoms with Crippen molar-refractivity contribution in [1.29, 1.82) is 0 Å². The van der Waals surface area contributed by atoms with Crippen molar-refractivity contribution >= 4 is 23.3 Å². The predicted octanol–water partition coefficient (Wildman–Crippen LogP) is 1.51. The lowest BCUT2D eigenvalue weighted by Crippen LogP contribution is -2.35. The third-order valence-corrected chi connectivity index (χ3v) is 3.61. The van der Waals surface area contributed by atoms with Crippen LogP contribution in [-0.2, 0) is 16.0 Å².